The average Bonchev–Trinajstić information content (AvgIpc) is 3.91. The fourth-order valence-electron chi connectivity index (χ4n) is 9.59. The van der Waals surface area contributed by atoms with Gasteiger partial charge in [-0.25, -0.2) is 0 Å². The van der Waals surface area contributed by atoms with Crippen molar-refractivity contribution < 1.29 is 0 Å². The van der Waals surface area contributed by atoms with Gasteiger partial charge in [-0.15, -0.1) is 11.3 Å². The summed E-state index contributed by atoms with van der Waals surface area (Å²) in [4.78, 5) is 2.48. The van der Waals surface area contributed by atoms with Crippen LogP contribution in [-0.4, -0.2) is 4.57 Å². The predicted molar refractivity (Wildman–Crippen MR) is 270 cm³/mol. The minimum atomic E-state index is 1.10. The Labute approximate surface area is 370 Å². The average molecular weight is 821 g/mol. The Morgan fingerprint density at radius 3 is 1.46 bits per heavy atom. The third-order valence-electron chi connectivity index (χ3n) is 12.5. The Kier molecular flexibility index (Phi) is 9.06. The molecule has 10 aromatic carbocycles. The largest absolute Gasteiger partial charge is 0.309 e. The Hall–Kier alpha value is -7.98. The molecule has 0 fully saturated rings. The van der Waals surface area contributed by atoms with E-state index in [0.717, 1.165) is 28.3 Å². The fourth-order valence-corrected chi connectivity index (χ4v) is 10.7. The van der Waals surface area contributed by atoms with Crippen LogP contribution in [0.2, 0.25) is 0 Å². The van der Waals surface area contributed by atoms with Crippen LogP contribution in [0.1, 0.15) is 0 Å². The maximum atomic E-state index is 2.48. The number of hydrogen-bond donors (Lipinski definition) is 0. The molecule has 0 unspecified atom stereocenters. The van der Waals surface area contributed by atoms with Crippen molar-refractivity contribution >= 4 is 70.4 Å². The van der Waals surface area contributed by atoms with Crippen LogP contribution in [0.3, 0.4) is 0 Å². The second kappa shape index (κ2) is 15.5. The molecule has 0 amide bonds. The highest BCUT2D eigenvalue weighted by Gasteiger charge is 2.23. The molecule has 0 saturated heterocycles. The minimum absolute atomic E-state index is 1.10. The summed E-state index contributed by atoms with van der Waals surface area (Å²) in [5.74, 6) is 0. The Morgan fingerprint density at radius 2 is 0.778 bits per heavy atom. The van der Waals surface area contributed by atoms with Crippen molar-refractivity contribution in [1.82, 2.24) is 4.57 Å². The number of rotatable bonds is 8. The van der Waals surface area contributed by atoms with Crippen LogP contribution in [-0.2, 0) is 0 Å². The van der Waals surface area contributed by atoms with Gasteiger partial charge in [0.05, 0.1) is 22.4 Å². The zero-order valence-corrected chi connectivity index (χ0v) is 35.2. The monoisotopic (exact) mass is 820 g/mol. The highest BCUT2D eigenvalue weighted by Crippen LogP contribution is 2.49. The lowest BCUT2D eigenvalue weighted by Crippen LogP contribution is -2.11. The molecular weight excluding hydrogens is 781 g/mol. The van der Waals surface area contributed by atoms with Crippen molar-refractivity contribution in [3.8, 4) is 50.2 Å². The van der Waals surface area contributed by atoms with Gasteiger partial charge in [-0.05, 0) is 99.6 Å². The van der Waals surface area contributed by atoms with Crippen LogP contribution in [0, 0.1) is 0 Å². The lowest BCUT2D eigenvalue weighted by atomic mass is 9.88. The Balaban J connectivity index is 1.000. The number of nitrogens with zero attached hydrogens (tertiary/aromatic N) is 2. The Bertz CT molecular complexity index is 3560. The smallest absolute Gasteiger partial charge is 0.0555 e. The highest BCUT2D eigenvalue weighted by atomic mass is 32.1. The molecule has 0 aliphatic rings. The lowest BCUT2D eigenvalue weighted by molar-refractivity contribution is 1.18. The molecule has 0 aliphatic carbocycles. The number of hydrogen-bond acceptors (Lipinski definition) is 2. The number of aromatic nitrogens is 1. The van der Waals surface area contributed by atoms with Gasteiger partial charge in [0.25, 0.3) is 0 Å². The zero-order chi connectivity index (χ0) is 41.7. The van der Waals surface area contributed by atoms with Gasteiger partial charge in [-0.2, -0.15) is 0 Å². The number of benzene rings is 10. The van der Waals surface area contributed by atoms with E-state index >= 15 is 0 Å². The van der Waals surface area contributed by atoms with Gasteiger partial charge in [0, 0.05) is 47.9 Å². The summed E-state index contributed by atoms with van der Waals surface area (Å²) in [5, 5.41) is 5.07. The van der Waals surface area contributed by atoms with Gasteiger partial charge in [0.1, 0.15) is 0 Å². The summed E-state index contributed by atoms with van der Waals surface area (Å²) >= 11 is 1.86. The van der Waals surface area contributed by atoms with Gasteiger partial charge in [0.2, 0.25) is 0 Å². The summed E-state index contributed by atoms with van der Waals surface area (Å²) < 4.78 is 4.93. The van der Waals surface area contributed by atoms with Crippen LogP contribution < -0.4 is 4.90 Å². The second-order valence-electron chi connectivity index (χ2n) is 16.0. The molecule has 2 nitrogen and oxygen atoms in total. The molecule has 0 spiro atoms. The van der Waals surface area contributed by atoms with Crippen LogP contribution in [0.4, 0.5) is 17.1 Å². The normalized spacial score (nSPS) is 11.5. The van der Waals surface area contributed by atoms with E-state index in [1.54, 1.807) is 0 Å². The third kappa shape index (κ3) is 6.33. The summed E-state index contributed by atoms with van der Waals surface area (Å²) in [5.41, 5.74) is 16.5. The molecule has 3 heteroatoms. The van der Waals surface area contributed by atoms with Crippen molar-refractivity contribution in [3.05, 3.63) is 243 Å². The van der Waals surface area contributed by atoms with Crippen molar-refractivity contribution in [2.75, 3.05) is 4.90 Å². The first-order valence-electron chi connectivity index (χ1n) is 21.5. The van der Waals surface area contributed by atoms with E-state index in [0.29, 0.717) is 0 Å². The molecule has 0 saturated carbocycles. The van der Waals surface area contributed by atoms with Crippen molar-refractivity contribution in [3.63, 3.8) is 0 Å². The van der Waals surface area contributed by atoms with E-state index in [4.69, 9.17) is 0 Å². The van der Waals surface area contributed by atoms with E-state index in [2.05, 4.69) is 252 Å². The van der Waals surface area contributed by atoms with E-state index < -0.39 is 0 Å². The first-order valence-corrected chi connectivity index (χ1v) is 22.3. The molecule has 2 aromatic heterocycles. The van der Waals surface area contributed by atoms with Crippen molar-refractivity contribution in [1.29, 1.82) is 0 Å². The van der Waals surface area contributed by atoms with Gasteiger partial charge in [-0.1, -0.05) is 182 Å². The summed E-state index contributed by atoms with van der Waals surface area (Å²) in [6.45, 7) is 0. The number of para-hydroxylation sites is 3. The highest BCUT2D eigenvalue weighted by molar-refractivity contribution is 7.26. The first kappa shape index (κ1) is 36.8. The van der Waals surface area contributed by atoms with Gasteiger partial charge in [0.15, 0.2) is 0 Å². The second-order valence-corrected chi connectivity index (χ2v) is 17.1. The van der Waals surface area contributed by atoms with Crippen LogP contribution in [0.25, 0.3) is 92.2 Å². The van der Waals surface area contributed by atoms with Crippen LogP contribution in [0.15, 0.2) is 243 Å². The SMILES string of the molecule is c1ccc(-c2ccccc2-c2ccccc2-c2ccccc2N(c2ccc(-c3ccc(-n4c5ccccc5c5ccccc54)cc3)cc2)c2cccc3sc4ccccc4c23)cc1. The first-order chi connectivity index (χ1) is 31.3. The number of anilines is 3. The number of fused-ring (bicyclic) bond motifs is 6. The van der Waals surface area contributed by atoms with E-state index in [9.17, 15) is 0 Å². The lowest BCUT2D eigenvalue weighted by Gasteiger charge is -2.29. The molecule has 0 atom stereocenters. The molecule has 2 heterocycles. The van der Waals surface area contributed by atoms with Crippen molar-refractivity contribution in [2.45, 2.75) is 0 Å². The maximum absolute atomic E-state index is 2.48. The molecular formula is C60H40N2S. The topological polar surface area (TPSA) is 8.17 Å². The summed E-state index contributed by atoms with van der Waals surface area (Å²) in [7, 11) is 0. The van der Waals surface area contributed by atoms with E-state index in [-0.39, 0.29) is 0 Å². The fraction of sp³-hybridized carbons (Fsp3) is 0. The van der Waals surface area contributed by atoms with Gasteiger partial charge in [-0.3, -0.25) is 0 Å². The standard InChI is InChI=1S/C60H40N2S/c1-2-17-43(18-3-1)46-19-4-5-20-47(46)48-21-6-7-22-49(48)50-23-8-12-27-54(50)62(57-30-16-32-59-60(57)53-26-11-15-31-58(53)63-59)45-39-35-42(36-40-45)41-33-37-44(38-34-41)61-55-28-13-9-24-51(55)52-25-10-14-29-56(52)61/h1-40H. The zero-order valence-electron chi connectivity index (χ0n) is 34.4. The molecule has 0 N–H and O–H groups in total. The van der Waals surface area contributed by atoms with Gasteiger partial charge < -0.3 is 9.47 Å². The van der Waals surface area contributed by atoms with E-state index in [1.165, 1.54) is 80.9 Å². The minimum Gasteiger partial charge on any atom is -0.309 e. The predicted octanol–water partition coefficient (Wildman–Crippen LogP) is 17.3. The molecule has 0 aliphatic heterocycles. The van der Waals surface area contributed by atoms with Crippen LogP contribution >= 0.6 is 11.3 Å². The summed E-state index contributed by atoms with van der Waals surface area (Å²) in [6.07, 6.45) is 0. The maximum Gasteiger partial charge on any atom is 0.0555 e. The third-order valence-corrected chi connectivity index (χ3v) is 13.6. The number of thiophene rings is 1. The molecule has 0 radical (unpaired) electrons. The molecule has 12 aromatic rings. The Morgan fingerprint density at radius 1 is 0.302 bits per heavy atom. The molecule has 12 rings (SSSR count). The van der Waals surface area contributed by atoms with Crippen LogP contribution in [0.5, 0.6) is 0 Å². The van der Waals surface area contributed by atoms with Gasteiger partial charge >= 0.3 is 0 Å². The summed E-state index contributed by atoms with van der Waals surface area (Å²) in [6, 6.07) is 88.4. The van der Waals surface area contributed by atoms with Crippen molar-refractivity contribution in [2.24, 2.45) is 0 Å². The van der Waals surface area contributed by atoms with E-state index in [1.807, 2.05) is 11.3 Å². The molecule has 63 heavy (non-hydrogen) atoms. The quantitative estimate of drug-likeness (QED) is 0.148. The molecule has 296 valence electrons. The molecule has 0 bridgehead atoms.